The summed E-state index contributed by atoms with van der Waals surface area (Å²) in [5, 5.41) is 6.43. The van der Waals surface area contributed by atoms with Crippen LogP contribution in [0.15, 0.2) is 0 Å². The van der Waals surface area contributed by atoms with Crippen molar-refractivity contribution in [1.29, 1.82) is 0 Å². The molecule has 0 spiro atoms. The molecule has 2 rings (SSSR count). The summed E-state index contributed by atoms with van der Waals surface area (Å²) in [4.78, 5) is 14.3. The highest BCUT2D eigenvalue weighted by Crippen LogP contribution is 2.15. The van der Waals surface area contributed by atoms with Gasteiger partial charge in [-0.1, -0.05) is 6.92 Å². The molecule has 0 radical (unpaired) electrons. The van der Waals surface area contributed by atoms with Crippen LogP contribution >= 0.6 is 0 Å². The van der Waals surface area contributed by atoms with Gasteiger partial charge < -0.3 is 15.5 Å². The quantitative estimate of drug-likeness (QED) is 0.699. The number of nitrogens with zero attached hydrogens (tertiary/aromatic N) is 1. The lowest BCUT2D eigenvalue weighted by molar-refractivity contribution is -0.121. The summed E-state index contributed by atoms with van der Waals surface area (Å²) in [6, 6.07) is 0.421. The molecule has 20 heavy (non-hydrogen) atoms. The summed E-state index contributed by atoms with van der Waals surface area (Å²) in [5.74, 6) is 1.08. The molecule has 0 aromatic rings. The summed E-state index contributed by atoms with van der Waals surface area (Å²) < 4.78 is 0. The average Bonchev–Trinajstić information content (AvgIpc) is 2.91. The molecule has 2 saturated heterocycles. The monoisotopic (exact) mass is 281 g/mol. The number of unbranched alkanes of at least 4 members (excludes halogenated alkanes) is 1. The van der Waals surface area contributed by atoms with E-state index in [1.54, 1.807) is 0 Å². The Morgan fingerprint density at radius 3 is 2.95 bits per heavy atom. The molecule has 2 aliphatic heterocycles. The molecule has 2 N–H and O–H groups in total. The molecule has 0 bridgehead atoms. The molecule has 2 atom stereocenters. The Labute approximate surface area is 123 Å². The van der Waals surface area contributed by atoms with Gasteiger partial charge in [-0.25, -0.2) is 0 Å². The Bertz CT molecular complexity index is 289. The molecule has 0 aromatic carbocycles. The lowest BCUT2D eigenvalue weighted by Gasteiger charge is -2.30. The Hall–Kier alpha value is -0.610. The van der Waals surface area contributed by atoms with Crippen molar-refractivity contribution < 1.29 is 4.79 Å². The minimum absolute atomic E-state index is 0.219. The summed E-state index contributed by atoms with van der Waals surface area (Å²) in [6.07, 6.45) is 8.08. The number of amides is 1. The molecule has 4 heteroatoms. The highest BCUT2D eigenvalue weighted by molar-refractivity contribution is 5.76. The van der Waals surface area contributed by atoms with E-state index < -0.39 is 0 Å². The first-order chi connectivity index (χ1) is 9.74. The predicted octanol–water partition coefficient (Wildman–Crippen LogP) is 1.76. The van der Waals surface area contributed by atoms with Crippen molar-refractivity contribution in [3.63, 3.8) is 0 Å². The number of rotatable bonds is 7. The van der Waals surface area contributed by atoms with Crippen molar-refractivity contribution in [2.75, 3.05) is 32.7 Å². The molecule has 2 heterocycles. The van der Waals surface area contributed by atoms with Crippen LogP contribution in [-0.4, -0.2) is 49.6 Å². The highest BCUT2D eigenvalue weighted by Gasteiger charge is 2.17. The number of carbonyl (C=O) groups excluding carboxylic acids is 1. The minimum Gasteiger partial charge on any atom is -0.356 e. The van der Waals surface area contributed by atoms with Gasteiger partial charge in [0.2, 0.25) is 5.91 Å². The van der Waals surface area contributed by atoms with Crippen LogP contribution < -0.4 is 10.6 Å². The summed E-state index contributed by atoms with van der Waals surface area (Å²) >= 11 is 0. The Morgan fingerprint density at radius 2 is 2.20 bits per heavy atom. The average molecular weight is 281 g/mol. The van der Waals surface area contributed by atoms with E-state index in [2.05, 4.69) is 22.5 Å². The van der Waals surface area contributed by atoms with E-state index in [1.807, 2.05) is 0 Å². The molecule has 116 valence electrons. The van der Waals surface area contributed by atoms with Crippen molar-refractivity contribution in [2.45, 2.75) is 57.9 Å². The third kappa shape index (κ3) is 5.80. The van der Waals surface area contributed by atoms with Crippen LogP contribution in [0.25, 0.3) is 0 Å². The summed E-state index contributed by atoms with van der Waals surface area (Å²) in [7, 11) is 0. The van der Waals surface area contributed by atoms with Crippen LogP contribution in [0, 0.1) is 5.92 Å². The predicted molar refractivity (Wildman–Crippen MR) is 82.7 cm³/mol. The van der Waals surface area contributed by atoms with Gasteiger partial charge in [0.15, 0.2) is 0 Å². The fraction of sp³-hybridized carbons (Fsp3) is 0.938. The second-order valence-corrected chi connectivity index (χ2v) is 6.60. The summed E-state index contributed by atoms with van der Waals surface area (Å²) in [6.45, 7) is 8.00. The van der Waals surface area contributed by atoms with E-state index in [4.69, 9.17) is 0 Å². The molecule has 2 aliphatic rings. The summed E-state index contributed by atoms with van der Waals surface area (Å²) in [5.41, 5.74) is 0. The van der Waals surface area contributed by atoms with E-state index in [0.717, 1.165) is 31.8 Å². The van der Waals surface area contributed by atoms with E-state index in [0.29, 0.717) is 12.5 Å². The van der Waals surface area contributed by atoms with Crippen LogP contribution in [0.5, 0.6) is 0 Å². The number of hydrogen-bond acceptors (Lipinski definition) is 3. The van der Waals surface area contributed by atoms with Gasteiger partial charge >= 0.3 is 0 Å². The number of carbonyl (C=O) groups is 1. The second-order valence-electron chi connectivity index (χ2n) is 6.60. The normalized spacial score (nSPS) is 27.6. The minimum atomic E-state index is 0.219. The third-order valence-corrected chi connectivity index (χ3v) is 4.56. The van der Waals surface area contributed by atoms with Gasteiger partial charge in [0, 0.05) is 25.6 Å². The molecule has 2 fully saturated rings. The zero-order chi connectivity index (χ0) is 14.2. The highest BCUT2D eigenvalue weighted by atomic mass is 16.1. The van der Waals surface area contributed by atoms with Crippen molar-refractivity contribution in [1.82, 2.24) is 15.5 Å². The molecular weight excluding hydrogens is 250 g/mol. The molecule has 2 unspecified atom stereocenters. The lowest BCUT2D eigenvalue weighted by Crippen LogP contribution is -2.35. The molecule has 0 aromatic heterocycles. The first-order valence-corrected chi connectivity index (χ1v) is 8.46. The third-order valence-electron chi connectivity index (χ3n) is 4.56. The van der Waals surface area contributed by atoms with Gasteiger partial charge in [0.05, 0.1) is 0 Å². The zero-order valence-corrected chi connectivity index (χ0v) is 13.0. The maximum Gasteiger partial charge on any atom is 0.221 e. The van der Waals surface area contributed by atoms with Crippen LogP contribution in [-0.2, 0) is 4.79 Å². The van der Waals surface area contributed by atoms with Gasteiger partial charge in [-0.3, -0.25) is 4.79 Å². The van der Waals surface area contributed by atoms with Crippen molar-refractivity contribution in [2.24, 2.45) is 5.92 Å². The van der Waals surface area contributed by atoms with E-state index in [-0.39, 0.29) is 5.91 Å². The lowest BCUT2D eigenvalue weighted by atomic mass is 10.0. The van der Waals surface area contributed by atoms with E-state index in [9.17, 15) is 4.79 Å². The Morgan fingerprint density at radius 1 is 1.30 bits per heavy atom. The number of piperidine rings is 1. The van der Waals surface area contributed by atoms with Crippen LogP contribution in [0.1, 0.15) is 51.9 Å². The van der Waals surface area contributed by atoms with Crippen LogP contribution in [0.4, 0.5) is 0 Å². The Kier molecular flexibility index (Phi) is 6.80. The Balaban J connectivity index is 1.45. The fourth-order valence-electron chi connectivity index (χ4n) is 3.40. The maximum absolute atomic E-state index is 11.7. The van der Waals surface area contributed by atoms with Crippen molar-refractivity contribution in [3.8, 4) is 0 Å². The molecule has 0 saturated carbocycles. The molecule has 0 aliphatic carbocycles. The largest absolute Gasteiger partial charge is 0.356 e. The number of hydrogen-bond donors (Lipinski definition) is 2. The van der Waals surface area contributed by atoms with Crippen molar-refractivity contribution >= 4 is 5.91 Å². The van der Waals surface area contributed by atoms with Gasteiger partial charge in [0.25, 0.3) is 0 Å². The molecule has 1 amide bonds. The van der Waals surface area contributed by atoms with Crippen molar-refractivity contribution in [3.05, 3.63) is 0 Å². The van der Waals surface area contributed by atoms with E-state index >= 15 is 0 Å². The molecular formula is C16H31N3O. The zero-order valence-electron chi connectivity index (χ0n) is 13.0. The first-order valence-electron chi connectivity index (χ1n) is 8.46. The fourth-order valence-corrected chi connectivity index (χ4v) is 3.40. The van der Waals surface area contributed by atoms with Gasteiger partial charge in [-0.2, -0.15) is 0 Å². The first kappa shape index (κ1) is 15.8. The van der Waals surface area contributed by atoms with Gasteiger partial charge in [-0.05, 0) is 64.1 Å². The number of likely N-dealkylation sites (tertiary alicyclic amines) is 1. The smallest absolute Gasteiger partial charge is 0.221 e. The SMILES string of the molecule is CC1CCCN(CCCCNC(=O)CC2CCCN2)C1. The standard InChI is InChI=1S/C16H31N3O/c1-14-6-5-11-19(13-14)10-3-2-8-18-16(20)12-15-7-4-9-17-15/h14-15,17H,2-13H2,1H3,(H,18,20). The maximum atomic E-state index is 11.7. The van der Waals surface area contributed by atoms with Gasteiger partial charge in [0.1, 0.15) is 0 Å². The van der Waals surface area contributed by atoms with E-state index in [1.165, 1.54) is 45.3 Å². The van der Waals surface area contributed by atoms with Gasteiger partial charge in [-0.15, -0.1) is 0 Å². The topological polar surface area (TPSA) is 44.4 Å². The second kappa shape index (κ2) is 8.63. The molecule has 4 nitrogen and oxygen atoms in total. The van der Waals surface area contributed by atoms with Crippen LogP contribution in [0.3, 0.4) is 0 Å². The number of nitrogens with one attached hydrogen (secondary N) is 2. The van der Waals surface area contributed by atoms with Crippen LogP contribution in [0.2, 0.25) is 0 Å².